The van der Waals surface area contributed by atoms with Gasteiger partial charge in [0.25, 0.3) is 7.59 Å². The maximum Gasteiger partial charge on any atom is 0.358 e. The molecule has 0 aromatic carbocycles. The Morgan fingerprint density at radius 1 is 0.750 bits per heavy atom. The van der Waals surface area contributed by atoms with Crippen molar-refractivity contribution in [3.8, 4) is 0 Å². The summed E-state index contributed by atoms with van der Waals surface area (Å²) in [5.74, 6) is -2.11. The third-order valence-corrected chi connectivity index (χ3v) is 4.29. The third-order valence-electron chi connectivity index (χ3n) is 1.42. The zero-order valence-corrected chi connectivity index (χ0v) is 16.8. The largest absolute Gasteiger partial charge is 0.457 e. The van der Waals surface area contributed by atoms with Crippen LogP contribution in [0.25, 0.3) is 0 Å². The van der Waals surface area contributed by atoms with Gasteiger partial charge in [-0.05, 0) is 0 Å². The lowest BCUT2D eigenvalue weighted by molar-refractivity contribution is -0.142. The second-order valence-corrected chi connectivity index (χ2v) is 9.43. The van der Waals surface area contributed by atoms with Crippen molar-refractivity contribution in [2.75, 3.05) is 13.2 Å². The predicted octanol–water partition coefficient (Wildman–Crippen LogP) is 4.81. The van der Waals surface area contributed by atoms with E-state index in [0.29, 0.717) is 8.96 Å². The fourth-order valence-corrected chi connectivity index (χ4v) is 1.36. The zero-order valence-electron chi connectivity index (χ0n) is 9.07. The first-order chi connectivity index (χ1) is 8.85. The standard InChI is InChI=1S/C8H4Br2Cl6O4/c9-3(1-19-5(17)7(11,12)13)4(10)2-20-6(18)8(14,15)16/h1-2H2/b4-3+. The molecule has 116 valence electrons. The normalized spacial score (nSPS) is 13.6. The fraction of sp³-hybridized carbons (Fsp3) is 0.500. The maximum absolute atomic E-state index is 11.2. The van der Waals surface area contributed by atoms with Crippen molar-refractivity contribution in [3.05, 3.63) is 8.96 Å². The minimum Gasteiger partial charge on any atom is -0.457 e. The lowest BCUT2D eigenvalue weighted by atomic mass is 10.5. The van der Waals surface area contributed by atoms with Crippen LogP contribution in [0.5, 0.6) is 0 Å². The summed E-state index contributed by atoms with van der Waals surface area (Å²) >= 11 is 37.9. The van der Waals surface area contributed by atoms with Crippen molar-refractivity contribution in [1.82, 2.24) is 0 Å². The number of alkyl halides is 6. The number of hydrogen-bond donors (Lipinski definition) is 0. The Hall–Kier alpha value is 1.38. The Bertz CT molecular complexity index is 376. The van der Waals surface area contributed by atoms with E-state index in [-0.39, 0.29) is 13.2 Å². The molecule has 0 aliphatic carbocycles. The van der Waals surface area contributed by atoms with Crippen LogP contribution < -0.4 is 0 Å². The first-order valence-corrected chi connectivity index (χ1v) is 8.22. The molecule has 0 aliphatic heterocycles. The zero-order chi connectivity index (χ0) is 16.1. The minimum atomic E-state index is -2.18. The Morgan fingerprint density at radius 3 is 1.20 bits per heavy atom. The second kappa shape index (κ2) is 8.87. The summed E-state index contributed by atoms with van der Waals surface area (Å²) in [7, 11) is 0. The average Bonchev–Trinajstić information content (AvgIpc) is 2.29. The van der Waals surface area contributed by atoms with Gasteiger partial charge in [0.05, 0.1) is 0 Å². The third kappa shape index (κ3) is 8.73. The molecule has 0 fully saturated rings. The second-order valence-electron chi connectivity index (χ2n) is 2.96. The number of rotatable bonds is 4. The van der Waals surface area contributed by atoms with Crippen molar-refractivity contribution in [2.45, 2.75) is 7.59 Å². The van der Waals surface area contributed by atoms with E-state index in [9.17, 15) is 9.59 Å². The van der Waals surface area contributed by atoms with Crippen LogP contribution in [-0.2, 0) is 19.1 Å². The number of esters is 2. The molecule has 0 heterocycles. The molecular formula is C8H4Br2Cl6O4. The van der Waals surface area contributed by atoms with Gasteiger partial charge in [-0.1, -0.05) is 101 Å². The molecule has 0 aromatic rings. The quantitative estimate of drug-likeness (QED) is 0.382. The van der Waals surface area contributed by atoms with Gasteiger partial charge in [0, 0.05) is 8.96 Å². The molecule has 0 atom stereocenters. The van der Waals surface area contributed by atoms with Crippen molar-refractivity contribution >= 4 is 113 Å². The number of carbonyl (C=O) groups is 2. The van der Waals surface area contributed by atoms with E-state index < -0.39 is 19.5 Å². The topological polar surface area (TPSA) is 52.6 Å². The van der Waals surface area contributed by atoms with Crippen molar-refractivity contribution < 1.29 is 19.1 Å². The minimum absolute atomic E-state index is 0.251. The molecule has 20 heavy (non-hydrogen) atoms. The number of carbonyl (C=O) groups excluding carboxylic acids is 2. The van der Waals surface area contributed by atoms with Gasteiger partial charge in [-0.3, -0.25) is 0 Å². The molecule has 0 saturated heterocycles. The van der Waals surface area contributed by atoms with Crippen LogP contribution in [0.4, 0.5) is 0 Å². The van der Waals surface area contributed by atoms with Crippen LogP contribution in [0.3, 0.4) is 0 Å². The van der Waals surface area contributed by atoms with Crippen LogP contribution in [0.15, 0.2) is 8.96 Å². The van der Waals surface area contributed by atoms with Gasteiger partial charge >= 0.3 is 11.9 Å². The summed E-state index contributed by atoms with van der Waals surface area (Å²) in [6.45, 7) is -0.503. The summed E-state index contributed by atoms with van der Waals surface area (Å²) in [5, 5.41) is 0. The first kappa shape index (κ1) is 21.4. The molecule has 0 amide bonds. The maximum atomic E-state index is 11.2. The first-order valence-electron chi connectivity index (χ1n) is 4.36. The Kier molecular flexibility index (Phi) is 9.48. The monoisotopic (exact) mass is 532 g/mol. The molecular weight excluding hydrogens is 533 g/mol. The number of halogens is 8. The van der Waals surface area contributed by atoms with E-state index in [1.54, 1.807) is 0 Å². The average molecular weight is 537 g/mol. The highest BCUT2D eigenvalue weighted by Gasteiger charge is 2.34. The predicted molar refractivity (Wildman–Crippen MR) is 87.4 cm³/mol. The van der Waals surface area contributed by atoms with Crippen LogP contribution in [0.2, 0.25) is 0 Å². The lowest BCUT2D eigenvalue weighted by Gasteiger charge is -2.12. The summed E-state index contributed by atoms with van der Waals surface area (Å²) in [5.41, 5.74) is 0. The van der Waals surface area contributed by atoms with Gasteiger partial charge in [0.1, 0.15) is 13.2 Å². The number of ether oxygens (including phenoxy) is 2. The fourth-order valence-electron chi connectivity index (χ4n) is 0.578. The van der Waals surface area contributed by atoms with Gasteiger partial charge in [0.15, 0.2) is 0 Å². The van der Waals surface area contributed by atoms with Crippen molar-refractivity contribution in [3.63, 3.8) is 0 Å². The van der Waals surface area contributed by atoms with Crippen LogP contribution in [0, 0.1) is 0 Å². The molecule has 0 N–H and O–H groups in total. The summed E-state index contributed by atoms with van der Waals surface area (Å²) < 4.78 is 5.65. The highest BCUT2D eigenvalue weighted by atomic mass is 79.9. The van der Waals surface area contributed by atoms with E-state index >= 15 is 0 Å². The molecule has 4 nitrogen and oxygen atoms in total. The molecule has 0 radical (unpaired) electrons. The number of hydrogen-bond acceptors (Lipinski definition) is 4. The molecule has 0 unspecified atom stereocenters. The van der Waals surface area contributed by atoms with Gasteiger partial charge in [0.2, 0.25) is 0 Å². The molecule has 0 aliphatic rings. The summed E-state index contributed by atoms with van der Waals surface area (Å²) in [4.78, 5) is 22.3. The van der Waals surface area contributed by atoms with Gasteiger partial charge < -0.3 is 9.47 Å². The van der Waals surface area contributed by atoms with E-state index in [1.165, 1.54) is 0 Å². The Morgan fingerprint density at radius 2 is 1.00 bits per heavy atom. The van der Waals surface area contributed by atoms with Crippen molar-refractivity contribution in [2.24, 2.45) is 0 Å². The molecule has 0 bridgehead atoms. The van der Waals surface area contributed by atoms with E-state index in [4.69, 9.17) is 69.6 Å². The van der Waals surface area contributed by atoms with Gasteiger partial charge in [-0.15, -0.1) is 0 Å². The van der Waals surface area contributed by atoms with Crippen LogP contribution in [-0.4, -0.2) is 32.7 Å². The molecule has 0 rings (SSSR count). The van der Waals surface area contributed by atoms with E-state index in [1.807, 2.05) is 0 Å². The van der Waals surface area contributed by atoms with E-state index in [0.717, 1.165) is 0 Å². The van der Waals surface area contributed by atoms with Crippen LogP contribution in [0.1, 0.15) is 0 Å². The highest BCUT2D eigenvalue weighted by Crippen LogP contribution is 2.30. The van der Waals surface area contributed by atoms with Crippen molar-refractivity contribution in [1.29, 1.82) is 0 Å². The molecule has 12 heteroatoms. The smallest absolute Gasteiger partial charge is 0.358 e. The summed E-state index contributed by atoms with van der Waals surface area (Å²) in [6.07, 6.45) is 0. The lowest BCUT2D eigenvalue weighted by Crippen LogP contribution is -2.23. The highest BCUT2D eigenvalue weighted by molar-refractivity contribution is 9.14. The Balaban J connectivity index is 4.40. The Labute approximate surface area is 161 Å². The van der Waals surface area contributed by atoms with Gasteiger partial charge in [-0.25, -0.2) is 9.59 Å². The molecule has 0 aromatic heterocycles. The SMILES string of the molecule is O=C(OC/C(Br)=C(\Br)COC(=O)C(Cl)(Cl)Cl)C(Cl)(Cl)Cl. The summed E-state index contributed by atoms with van der Waals surface area (Å²) in [6, 6.07) is 0. The van der Waals surface area contributed by atoms with E-state index in [2.05, 4.69) is 41.3 Å². The molecule has 0 saturated carbocycles. The molecule has 0 spiro atoms. The van der Waals surface area contributed by atoms with Crippen LogP contribution >= 0.6 is 101 Å². The van der Waals surface area contributed by atoms with Gasteiger partial charge in [-0.2, -0.15) is 0 Å².